The van der Waals surface area contributed by atoms with Crippen molar-refractivity contribution in [2.24, 2.45) is 0 Å². The average Bonchev–Trinajstić information content (AvgIpc) is 2.56. The third-order valence-electron chi connectivity index (χ3n) is 4.82. The summed E-state index contributed by atoms with van der Waals surface area (Å²) in [5, 5.41) is 1.58. The Morgan fingerprint density at radius 2 is 1.71 bits per heavy atom. The number of rotatable bonds is 6. The summed E-state index contributed by atoms with van der Waals surface area (Å²) in [6.07, 6.45) is 8.72. The van der Waals surface area contributed by atoms with Crippen LogP contribution in [0.1, 0.15) is 40.0 Å². The van der Waals surface area contributed by atoms with Crippen molar-refractivity contribution in [3.8, 4) is 0 Å². The molecule has 3 heteroatoms. The van der Waals surface area contributed by atoms with Crippen LogP contribution in [0.25, 0.3) is 0 Å². The van der Waals surface area contributed by atoms with Crippen LogP contribution in [0.5, 0.6) is 0 Å². The molecule has 1 aromatic rings. The lowest BCUT2D eigenvalue weighted by atomic mass is 10.1. The Bertz CT molecular complexity index is 577. The first-order chi connectivity index (χ1) is 11.4. The lowest BCUT2D eigenvalue weighted by Gasteiger charge is -2.45. The molecule has 0 spiro atoms. The van der Waals surface area contributed by atoms with Crippen molar-refractivity contribution in [3.05, 3.63) is 53.6 Å². The van der Waals surface area contributed by atoms with E-state index in [1.165, 1.54) is 36.3 Å². The lowest BCUT2D eigenvalue weighted by Crippen LogP contribution is -2.58. The first-order valence-electron chi connectivity index (χ1n) is 9.02. The Morgan fingerprint density at radius 1 is 1.08 bits per heavy atom. The highest BCUT2D eigenvalue weighted by Crippen LogP contribution is 2.50. The molecular weight excluding hydrogens is 344 g/mol. The molecule has 24 heavy (non-hydrogen) atoms. The van der Waals surface area contributed by atoms with Gasteiger partial charge in [0.2, 0.25) is 0 Å². The molecular formula is C21H32S2Si. The van der Waals surface area contributed by atoms with Crippen molar-refractivity contribution >= 4 is 36.8 Å². The molecule has 0 saturated carbocycles. The van der Waals surface area contributed by atoms with E-state index in [1.807, 2.05) is 0 Å². The molecule has 0 aromatic heterocycles. The maximum absolute atomic E-state index is 2.65. The first kappa shape index (κ1) is 19.9. The minimum atomic E-state index is -1.62. The second kappa shape index (κ2) is 8.82. The Labute approximate surface area is 158 Å². The molecule has 1 aliphatic rings. The van der Waals surface area contributed by atoms with Gasteiger partial charge in [0.1, 0.15) is 8.07 Å². The quantitative estimate of drug-likeness (QED) is 0.416. The summed E-state index contributed by atoms with van der Waals surface area (Å²) in [5.41, 5.74) is 2.99. The number of thioether (sulfide) groups is 2. The van der Waals surface area contributed by atoms with Crippen molar-refractivity contribution in [2.45, 2.75) is 56.8 Å². The number of benzene rings is 1. The van der Waals surface area contributed by atoms with Crippen molar-refractivity contribution < 1.29 is 0 Å². The van der Waals surface area contributed by atoms with Gasteiger partial charge in [0.05, 0.1) is 3.70 Å². The van der Waals surface area contributed by atoms with E-state index in [-0.39, 0.29) is 3.70 Å². The van der Waals surface area contributed by atoms with Crippen LogP contribution in [-0.2, 0) is 0 Å². The van der Waals surface area contributed by atoms with E-state index >= 15 is 0 Å². The molecule has 0 unspecified atom stereocenters. The van der Waals surface area contributed by atoms with Crippen molar-refractivity contribution in [3.63, 3.8) is 0 Å². The molecule has 1 aromatic carbocycles. The summed E-state index contributed by atoms with van der Waals surface area (Å²) in [5.74, 6) is 2.60. The molecule has 0 atom stereocenters. The van der Waals surface area contributed by atoms with E-state index in [4.69, 9.17) is 0 Å². The lowest BCUT2D eigenvalue weighted by molar-refractivity contribution is 0.956. The van der Waals surface area contributed by atoms with Gasteiger partial charge < -0.3 is 0 Å². The van der Waals surface area contributed by atoms with Gasteiger partial charge in [0.25, 0.3) is 0 Å². The average molecular weight is 377 g/mol. The molecule has 1 saturated heterocycles. The van der Waals surface area contributed by atoms with Crippen molar-refractivity contribution in [1.82, 2.24) is 0 Å². The fraction of sp³-hybridized carbons (Fsp3) is 0.524. The molecule has 1 aliphatic heterocycles. The summed E-state index contributed by atoms with van der Waals surface area (Å²) >= 11 is 4.43. The zero-order valence-corrected chi connectivity index (χ0v) is 18.5. The van der Waals surface area contributed by atoms with Gasteiger partial charge in [0.15, 0.2) is 0 Å². The molecule has 2 rings (SSSR count). The van der Waals surface area contributed by atoms with Gasteiger partial charge in [-0.3, -0.25) is 0 Å². The van der Waals surface area contributed by atoms with Crippen LogP contribution in [0.4, 0.5) is 0 Å². The summed E-state index contributed by atoms with van der Waals surface area (Å²) in [4.78, 5) is 0. The third-order valence-corrected chi connectivity index (χ3v) is 15.2. The SMILES string of the molecule is CC(C)=CCC/C(C)=C\C1([Si](C)(C)c2ccccc2)SCCCS1. The standard InChI is InChI=1S/C21H32S2Si/c1-18(2)11-9-12-19(3)17-21(22-15-10-16-23-21)24(4,5)20-13-7-6-8-14-20/h6-8,11,13-14,17H,9-10,12,15-16H2,1-5H3/b19-17-. The van der Waals surface area contributed by atoms with E-state index < -0.39 is 8.07 Å². The molecule has 1 fully saturated rings. The van der Waals surface area contributed by atoms with Gasteiger partial charge in [-0.05, 0) is 51.5 Å². The Morgan fingerprint density at radius 3 is 2.29 bits per heavy atom. The summed E-state index contributed by atoms with van der Waals surface area (Å²) in [6.45, 7) is 11.9. The summed E-state index contributed by atoms with van der Waals surface area (Å²) in [6, 6.07) is 11.3. The smallest absolute Gasteiger partial charge is 0.115 e. The minimum Gasteiger partial charge on any atom is -0.143 e. The van der Waals surface area contributed by atoms with E-state index in [0.29, 0.717) is 0 Å². The van der Waals surface area contributed by atoms with Gasteiger partial charge >= 0.3 is 0 Å². The van der Waals surface area contributed by atoms with E-state index in [2.05, 4.69) is 99.9 Å². The minimum absolute atomic E-state index is 0.279. The zero-order valence-electron chi connectivity index (χ0n) is 15.9. The maximum atomic E-state index is 2.65. The van der Waals surface area contributed by atoms with Crippen LogP contribution in [0.3, 0.4) is 0 Å². The molecule has 0 amide bonds. The largest absolute Gasteiger partial charge is 0.143 e. The summed E-state index contributed by atoms with van der Waals surface area (Å²) in [7, 11) is -1.62. The van der Waals surface area contributed by atoms with E-state index in [0.717, 1.165) is 0 Å². The predicted molar refractivity (Wildman–Crippen MR) is 118 cm³/mol. The van der Waals surface area contributed by atoms with Crippen LogP contribution in [0, 0.1) is 0 Å². The molecule has 0 N–H and O–H groups in total. The predicted octanol–water partition coefficient (Wildman–Crippen LogP) is 6.40. The molecule has 0 nitrogen and oxygen atoms in total. The third kappa shape index (κ3) is 4.83. The highest BCUT2D eigenvalue weighted by molar-refractivity contribution is 8.21. The second-order valence-corrected chi connectivity index (χ2v) is 15.8. The van der Waals surface area contributed by atoms with Crippen molar-refractivity contribution in [2.75, 3.05) is 11.5 Å². The molecule has 0 bridgehead atoms. The summed E-state index contributed by atoms with van der Waals surface area (Å²) < 4.78 is 0.279. The number of hydrogen-bond donors (Lipinski definition) is 0. The van der Waals surface area contributed by atoms with Crippen molar-refractivity contribution in [1.29, 1.82) is 0 Å². The topological polar surface area (TPSA) is 0 Å². The highest BCUT2D eigenvalue weighted by atomic mass is 32.2. The number of hydrogen-bond acceptors (Lipinski definition) is 2. The second-order valence-electron chi connectivity index (χ2n) is 7.52. The molecule has 0 radical (unpaired) electrons. The van der Waals surface area contributed by atoms with Gasteiger partial charge in [-0.25, -0.2) is 0 Å². The fourth-order valence-corrected chi connectivity index (χ4v) is 12.2. The first-order valence-corrected chi connectivity index (χ1v) is 14.0. The van der Waals surface area contributed by atoms with Gasteiger partial charge in [-0.15, -0.1) is 23.5 Å². The van der Waals surface area contributed by atoms with Crippen LogP contribution in [0.2, 0.25) is 13.1 Å². The normalized spacial score (nSPS) is 18.3. The Balaban J connectivity index is 2.31. The van der Waals surface area contributed by atoms with E-state index in [1.54, 1.807) is 10.8 Å². The van der Waals surface area contributed by atoms with Crippen LogP contribution >= 0.6 is 23.5 Å². The highest BCUT2D eigenvalue weighted by Gasteiger charge is 2.48. The van der Waals surface area contributed by atoms with Crippen LogP contribution in [0.15, 0.2) is 53.6 Å². The monoisotopic (exact) mass is 376 g/mol. The molecule has 1 heterocycles. The zero-order chi connectivity index (χ0) is 17.6. The van der Waals surface area contributed by atoms with Gasteiger partial charge in [-0.1, -0.05) is 71.9 Å². The fourth-order valence-electron chi connectivity index (χ4n) is 3.21. The van der Waals surface area contributed by atoms with Gasteiger partial charge in [0, 0.05) is 0 Å². The Hall–Kier alpha value is -0.383. The van der Waals surface area contributed by atoms with Gasteiger partial charge in [-0.2, -0.15) is 0 Å². The van der Waals surface area contributed by atoms with E-state index in [9.17, 15) is 0 Å². The van der Waals surface area contributed by atoms with Crippen LogP contribution < -0.4 is 5.19 Å². The Kier molecular flexibility index (Phi) is 7.33. The maximum Gasteiger partial charge on any atom is 0.115 e. The van der Waals surface area contributed by atoms with Crippen LogP contribution in [-0.4, -0.2) is 23.3 Å². The molecule has 0 aliphatic carbocycles. The molecule has 132 valence electrons. The number of allylic oxidation sites excluding steroid dienone is 3.